The summed E-state index contributed by atoms with van der Waals surface area (Å²) >= 11 is 0. The van der Waals surface area contributed by atoms with E-state index < -0.39 is 0 Å². The zero-order valence-corrected chi connectivity index (χ0v) is 13.3. The number of nitrogens with zero attached hydrogens (tertiary/aromatic N) is 2. The van der Waals surface area contributed by atoms with Crippen LogP contribution in [-0.4, -0.2) is 30.0 Å². The lowest BCUT2D eigenvalue weighted by molar-refractivity contribution is 0.217. The van der Waals surface area contributed by atoms with Crippen molar-refractivity contribution < 1.29 is 18.6 Å². The average Bonchev–Trinajstić information content (AvgIpc) is 3.16. The highest BCUT2D eigenvalue weighted by Crippen LogP contribution is 2.20. The van der Waals surface area contributed by atoms with E-state index in [-0.39, 0.29) is 0 Å². The first-order chi connectivity index (χ1) is 11.8. The van der Waals surface area contributed by atoms with Gasteiger partial charge in [-0.2, -0.15) is 0 Å². The van der Waals surface area contributed by atoms with Crippen molar-refractivity contribution in [1.29, 1.82) is 0 Å². The number of hydrogen-bond acceptors (Lipinski definition) is 6. The standard InChI is InChI=1S/C18H18N2O4/c1-2-21-15-7-9-17(10-8-15)23-12-11-22-16-5-3-14(4-6-16)18-20-19-13-24-18/h3-10,13H,2,11-12H2,1H3. The van der Waals surface area contributed by atoms with Gasteiger partial charge in [-0.1, -0.05) is 0 Å². The van der Waals surface area contributed by atoms with Crippen LogP contribution in [0.5, 0.6) is 17.2 Å². The van der Waals surface area contributed by atoms with Gasteiger partial charge in [0.05, 0.1) is 6.61 Å². The lowest BCUT2D eigenvalue weighted by atomic mass is 10.2. The van der Waals surface area contributed by atoms with Gasteiger partial charge in [-0.05, 0) is 55.5 Å². The van der Waals surface area contributed by atoms with Gasteiger partial charge in [0.15, 0.2) is 0 Å². The van der Waals surface area contributed by atoms with Crippen LogP contribution >= 0.6 is 0 Å². The molecule has 0 saturated heterocycles. The molecule has 2 aromatic carbocycles. The third-order valence-corrected chi connectivity index (χ3v) is 3.22. The van der Waals surface area contributed by atoms with Crippen molar-refractivity contribution in [2.24, 2.45) is 0 Å². The van der Waals surface area contributed by atoms with Crippen molar-refractivity contribution >= 4 is 0 Å². The van der Waals surface area contributed by atoms with Crippen LogP contribution in [-0.2, 0) is 0 Å². The molecule has 3 aromatic rings. The summed E-state index contributed by atoms with van der Waals surface area (Å²) in [4.78, 5) is 0. The minimum Gasteiger partial charge on any atom is -0.494 e. The molecule has 1 aromatic heterocycles. The van der Waals surface area contributed by atoms with Crippen molar-refractivity contribution in [3.63, 3.8) is 0 Å². The van der Waals surface area contributed by atoms with Crippen LogP contribution in [0.2, 0.25) is 0 Å². The molecule has 124 valence electrons. The smallest absolute Gasteiger partial charge is 0.247 e. The molecule has 0 aliphatic rings. The number of ether oxygens (including phenoxy) is 3. The Bertz CT molecular complexity index is 725. The third-order valence-electron chi connectivity index (χ3n) is 3.22. The summed E-state index contributed by atoms with van der Waals surface area (Å²) in [6.45, 7) is 3.52. The van der Waals surface area contributed by atoms with Gasteiger partial charge in [-0.15, -0.1) is 10.2 Å². The minimum atomic E-state index is 0.452. The lowest BCUT2D eigenvalue weighted by Crippen LogP contribution is -2.08. The van der Waals surface area contributed by atoms with E-state index in [9.17, 15) is 0 Å². The highest BCUT2D eigenvalue weighted by atomic mass is 16.5. The van der Waals surface area contributed by atoms with E-state index in [1.807, 2.05) is 55.5 Å². The molecule has 0 N–H and O–H groups in total. The molecule has 1 heterocycles. The second kappa shape index (κ2) is 8.01. The molecule has 0 aliphatic carbocycles. The predicted molar refractivity (Wildman–Crippen MR) is 88.3 cm³/mol. The Morgan fingerprint density at radius 1 is 0.792 bits per heavy atom. The maximum atomic E-state index is 5.65. The summed E-state index contributed by atoms with van der Waals surface area (Å²) in [6.07, 6.45) is 1.30. The van der Waals surface area contributed by atoms with Crippen molar-refractivity contribution in [3.8, 4) is 28.7 Å². The quantitative estimate of drug-likeness (QED) is 0.589. The Morgan fingerprint density at radius 3 is 1.83 bits per heavy atom. The molecule has 0 atom stereocenters. The molecule has 0 aliphatic heterocycles. The monoisotopic (exact) mass is 326 g/mol. The van der Waals surface area contributed by atoms with Crippen molar-refractivity contribution in [1.82, 2.24) is 10.2 Å². The highest BCUT2D eigenvalue weighted by Gasteiger charge is 2.03. The van der Waals surface area contributed by atoms with Crippen LogP contribution in [0.15, 0.2) is 59.3 Å². The van der Waals surface area contributed by atoms with Crippen LogP contribution in [0.3, 0.4) is 0 Å². The fourth-order valence-corrected chi connectivity index (χ4v) is 2.11. The van der Waals surface area contributed by atoms with E-state index in [1.54, 1.807) is 0 Å². The fraction of sp³-hybridized carbons (Fsp3) is 0.222. The van der Waals surface area contributed by atoms with Gasteiger partial charge in [0.2, 0.25) is 12.3 Å². The van der Waals surface area contributed by atoms with Gasteiger partial charge in [0, 0.05) is 5.56 Å². The number of hydrogen-bond donors (Lipinski definition) is 0. The first kappa shape index (κ1) is 15.9. The van der Waals surface area contributed by atoms with Crippen LogP contribution in [0.1, 0.15) is 6.92 Å². The molecule has 0 spiro atoms. The molecule has 24 heavy (non-hydrogen) atoms. The van der Waals surface area contributed by atoms with E-state index in [0.29, 0.717) is 25.7 Å². The molecule has 3 rings (SSSR count). The van der Waals surface area contributed by atoms with Crippen LogP contribution in [0.25, 0.3) is 11.5 Å². The average molecular weight is 326 g/mol. The normalized spacial score (nSPS) is 10.4. The highest BCUT2D eigenvalue weighted by molar-refractivity contribution is 5.53. The molecular weight excluding hydrogens is 308 g/mol. The van der Waals surface area contributed by atoms with Gasteiger partial charge < -0.3 is 18.6 Å². The van der Waals surface area contributed by atoms with E-state index in [4.69, 9.17) is 18.6 Å². The molecule has 0 fully saturated rings. The molecule has 6 nitrogen and oxygen atoms in total. The number of rotatable bonds is 8. The third kappa shape index (κ3) is 4.25. The summed E-state index contributed by atoms with van der Waals surface area (Å²) in [7, 11) is 0. The summed E-state index contributed by atoms with van der Waals surface area (Å²) in [5.41, 5.74) is 0.852. The van der Waals surface area contributed by atoms with E-state index >= 15 is 0 Å². The fourth-order valence-electron chi connectivity index (χ4n) is 2.11. The first-order valence-corrected chi connectivity index (χ1v) is 7.70. The molecule has 6 heteroatoms. The Labute approximate surface area is 140 Å². The van der Waals surface area contributed by atoms with Crippen molar-refractivity contribution in [2.45, 2.75) is 6.92 Å². The van der Waals surface area contributed by atoms with Crippen molar-refractivity contribution in [3.05, 3.63) is 54.9 Å². The van der Waals surface area contributed by atoms with Crippen LogP contribution < -0.4 is 14.2 Å². The second-order valence-corrected chi connectivity index (χ2v) is 4.87. The maximum absolute atomic E-state index is 5.65. The van der Waals surface area contributed by atoms with Crippen LogP contribution in [0, 0.1) is 0 Å². The van der Waals surface area contributed by atoms with Crippen LogP contribution in [0.4, 0.5) is 0 Å². The van der Waals surface area contributed by atoms with E-state index in [2.05, 4.69) is 10.2 Å². The topological polar surface area (TPSA) is 66.6 Å². The van der Waals surface area contributed by atoms with E-state index in [1.165, 1.54) is 6.39 Å². The minimum absolute atomic E-state index is 0.452. The molecule has 0 saturated carbocycles. The lowest BCUT2D eigenvalue weighted by Gasteiger charge is -2.09. The maximum Gasteiger partial charge on any atom is 0.247 e. The molecule has 0 radical (unpaired) electrons. The Kier molecular flexibility index (Phi) is 5.29. The van der Waals surface area contributed by atoms with Gasteiger partial charge >= 0.3 is 0 Å². The number of benzene rings is 2. The second-order valence-electron chi connectivity index (χ2n) is 4.87. The summed E-state index contributed by atoms with van der Waals surface area (Å²) in [6, 6.07) is 15.0. The Hall–Kier alpha value is -3.02. The predicted octanol–water partition coefficient (Wildman–Crippen LogP) is 3.59. The van der Waals surface area contributed by atoms with Gasteiger partial charge in [-0.3, -0.25) is 0 Å². The summed E-state index contributed by atoms with van der Waals surface area (Å²) in [5.74, 6) is 2.87. The van der Waals surface area contributed by atoms with Crippen molar-refractivity contribution in [2.75, 3.05) is 19.8 Å². The zero-order chi connectivity index (χ0) is 16.6. The molecular formula is C18H18N2O4. The molecule has 0 unspecified atom stereocenters. The largest absolute Gasteiger partial charge is 0.494 e. The Balaban J connectivity index is 1.43. The SMILES string of the molecule is CCOc1ccc(OCCOc2ccc(-c3nnco3)cc2)cc1. The van der Waals surface area contributed by atoms with Gasteiger partial charge in [0.1, 0.15) is 30.5 Å². The summed E-state index contributed by atoms with van der Waals surface area (Å²) < 4.78 is 21.8. The molecule has 0 amide bonds. The zero-order valence-electron chi connectivity index (χ0n) is 13.3. The summed E-state index contributed by atoms with van der Waals surface area (Å²) in [5, 5.41) is 7.51. The number of aromatic nitrogens is 2. The Morgan fingerprint density at radius 2 is 1.33 bits per heavy atom. The first-order valence-electron chi connectivity index (χ1n) is 7.70. The van der Waals surface area contributed by atoms with E-state index in [0.717, 1.165) is 22.8 Å². The van der Waals surface area contributed by atoms with Gasteiger partial charge in [-0.25, -0.2) is 0 Å². The van der Waals surface area contributed by atoms with Gasteiger partial charge in [0.25, 0.3) is 0 Å². The molecule has 0 bridgehead atoms.